The van der Waals surface area contributed by atoms with E-state index >= 15 is 0 Å². The van der Waals surface area contributed by atoms with E-state index in [2.05, 4.69) is 20.0 Å². The van der Waals surface area contributed by atoms with Gasteiger partial charge in [-0.25, -0.2) is 9.78 Å². The van der Waals surface area contributed by atoms with Gasteiger partial charge in [0.05, 0.1) is 19.1 Å². The molecule has 0 spiro atoms. The maximum absolute atomic E-state index is 12.5. The van der Waals surface area contributed by atoms with Gasteiger partial charge in [-0.1, -0.05) is 30.3 Å². The highest BCUT2D eigenvalue weighted by Gasteiger charge is 2.34. The third-order valence-electron chi connectivity index (χ3n) is 3.91. The fourth-order valence-corrected chi connectivity index (χ4v) is 2.79. The molecule has 23 heavy (non-hydrogen) atoms. The maximum atomic E-state index is 12.5. The predicted octanol–water partition coefficient (Wildman–Crippen LogP) is 1.24. The lowest BCUT2D eigenvalue weighted by Gasteiger charge is -2.35. The maximum Gasteiger partial charge on any atom is 0.325 e. The van der Waals surface area contributed by atoms with Gasteiger partial charge in [-0.2, -0.15) is 0 Å². The van der Waals surface area contributed by atoms with Crippen LogP contribution in [-0.4, -0.2) is 47.1 Å². The number of imidazole rings is 1. The number of hydrogen-bond acceptors (Lipinski definition) is 4. The summed E-state index contributed by atoms with van der Waals surface area (Å²) in [7, 11) is 1.29. The lowest BCUT2D eigenvalue weighted by atomic mass is 9.96. The van der Waals surface area contributed by atoms with Gasteiger partial charge in [0.15, 0.2) is 0 Å². The van der Waals surface area contributed by atoms with Gasteiger partial charge in [0, 0.05) is 18.7 Å². The number of H-pyrrole nitrogens is 1. The first-order valence-corrected chi connectivity index (χ1v) is 7.39. The first kappa shape index (κ1) is 15.1. The van der Waals surface area contributed by atoms with Crippen LogP contribution in [0.15, 0.2) is 36.7 Å². The molecule has 0 radical (unpaired) electrons. The Labute approximate surface area is 133 Å². The number of ether oxygens (including phenoxy) is 1. The van der Waals surface area contributed by atoms with E-state index in [0.29, 0.717) is 13.0 Å². The van der Waals surface area contributed by atoms with E-state index < -0.39 is 5.97 Å². The molecule has 1 aliphatic rings. The van der Waals surface area contributed by atoms with Crippen LogP contribution in [0.2, 0.25) is 0 Å². The molecule has 0 bridgehead atoms. The Morgan fingerprint density at radius 3 is 2.91 bits per heavy atom. The molecule has 7 nitrogen and oxygen atoms in total. The van der Waals surface area contributed by atoms with E-state index in [0.717, 1.165) is 17.0 Å². The Morgan fingerprint density at radius 1 is 1.39 bits per heavy atom. The number of nitrogens with one attached hydrogen (secondary N) is 2. The molecule has 0 fully saturated rings. The minimum absolute atomic E-state index is 0.152. The highest BCUT2D eigenvalue weighted by molar-refractivity contribution is 5.81. The molecule has 7 heteroatoms. The number of methoxy groups -OCH3 is 1. The number of rotatable bonds is 3. The Hall–Kier alpha value is -2.83. The number of esters is 1. The highest BCUT2D eigenvalue weighted by atomic mass is 16.5. The zero-order valence-electron chi connectivity index (χ0n) is 12.8. The lowest BCUT2D eigenvalue weighted by molar-refractivity contribution is -0.139. The van der Waals surface area contributed by atoms with Crippen LogP contribution in [-0.2, 0) is 16.0 Å². The summed E-state index contributed by atoms with van der Waals surface area (Å²) in [6, 6.07) is 9.15. The van der Waals surface area contributed by atoms with Crippen molar-refractivity contribution >= 4 is 12.0 Å². The van der Waals surface area contributed by atoms with E-state index in [1.165, 1.54) is 7.11 Å². The summed E-state index contributed by atoms with van der Waals surface area (Å²) >= 11 is 0. The molecule has 0 saturated carbocycles. The Balaban J connectivity index is 1.87. The van der Waals surface area contributed by atoms with Gasteiger partial charge in [0.2, 0.25) is 0 Å². The molecule has 2 amide bonds. The minimum Gasteiger partial charge on any atom is -0.468 e. The van der Waals surface area contributed by atoms with E-state index in [4.69, 9.17) is 0 Å². The molecule has 2 heterocycles. The second-order valence-corrected chi connectivity index (χ2v) is 5.26. The van der Waals surface area contributed by atoms with Crippen LogP contribution in [0.5, 0.6) is 0 Å². The van der Waals surface area contributed by atoms with Gasteiger partial charge in [-0.15, -0.1) is 0 Å². The highest BCUT2D eigenvalue weighted by Crippen LogP contribution is 2.33. The number of benzene rings is 1. The molecule has 1 aliphatic heterocycles. The number of carbonyl (C=O) groups is 2. The van der Waals surface area contributed by atoms with Gasteiger partial charge in [-0.3, -0.25) is 4.79 Å². The smallest absolute Gasteiger partial charge is 0.325 e. The van der Waals surface area contributed by atoms with Crippen LogP contribution in [0.1, 0.15) is 23.0 Å². The first-order chi connectivity index (χ1) is 11.2. The third-order valence-corrected chi connectivity index (χ3v) is 3.91. The van der Waals surface area contributed by atoms with Crippen LogP contribution >= 0.6 is 0 Å². The molecule has 0 unspecified atom stereocenters. The van der Waals surface area contributed by atoms with Crippen LogP contribution < -0.4 is 5.32 Å². The van der Waals surface area contributed by atoms with E-state index in [9.17, 15) is 9.59 Å². The fourth-order valence-electron chi connectivity index (χ4n) is 2.79. The summed E-state index contributed by atoms with van der Waals surface area (Å²) < 4.78 is 4.55. The molecule has 1 aromatic carbocycles. The molecule has 2 N–H and O–H groups in total. The molecule has 2 aromatic rings. The number of aromatic amines is 1. The summed E-state index contributed by atoms with van der Waals surface area (Å²) in [6.45, 7) is 0.391. The summed E-state index contributed by atoms with van der Waals surface area (Å²) in [5, 5.41) is 2.60. The molecular weight excluding hydrogens is 296 g/mol. The number of carbonyl (C=O) groups excluding carboxylic acids is 2. The Morgan fingerprint density at radius 2 is 2.17 bits per heavy atom. The largest absolute Gasteiger partial charge is 0.468 e. The molecule has 0 saturated heterocycles. The second kappa shape index (κ2) is 6.51. The van der Waals surface area contributed by atoms with Crippen molar-refractivity contribution in [3.05, 3.63) is 53.6 Å². The number of hydrogen-bond donors (Lipinski definition) is 2. The van der Waals surface area contributed by atoms with Gasteiger partial charge in [0.1, 0.15) is 12.6 Å². The van der Waals surface area contributed by atoms with Gasteiger partial charge < -0.3 is 19.9 Å². The van der Waals surface area contributed by atoms with Crippen molar-refractivity contribution in [2.75, 3.05) is 20.2 Å². The first-order valence-electron chi connectivity index (χ1n) is 7.39. The standard InChI is InChI=1S/C16H18N4O3/c1-23-13(21)9-17-16(22)20-8-7-12-14(19-10-18-12)15(20)11-5-3-2-4-6-11/h2-6,10,15H,7-9H2,1H3,(H,17,22)(H,18,19)/t15-/m0/s1. The van der Waals surface area contributed by atoms with Crippen molar-refractivity contribution in [3.8, 4) is 0 Å². The zero-order chi connectivity index (χ0) is 16.2. The van der Waals surface area contributed by atoms with E-state index in [1.807, 2.05) is 30.3 Å². The average Bonchev–Trinajstić information content (AvgIpc) is 3.07. The summed E-state index contributed by atoms with van der Waals surface area (Å²) in [5.41, 5.74) is 2.86. The van der Waals surface area contributed by atoms with Gasteiger partial charge >= 0.3 is 12.0 Å². The van der Waals surface area contributed by atoms with Crippen molar-refractivity contribution in [2.24, 2.45) is 0 Å². The number of urea groups is 1. The molecule has 0 aliphatic carbocycles. The SMILES string of the molecule is COC(=O)CNC(=O)N1CCc2[nH]cnc2[C@@H]1c1ccccc1. The fraction of sp³-hybridized carbons (Fsp3) is 0.312. The summed E-state index contributed by atoms with van der Waals surface area (Å²) in [4.78, 5) is 33.0. The van der Waals surface area contributed by atoms with Crippen LogP contribution in [0.3, 0.4) is 0 Å². The van der Waals surface area contributed by atoms with Gasteiger partial charge in [-0.05, 0) is 5.56 Å². The van der Waals surface area contributed by atoms with Crippen LogP contribution in [0.25, 0.3) is 0 Å². The van der Waals surface area contributed by atoms with Crippen molar-refractivity contribution in [3.63, 3.8) is 0 Å². The van der Waals surface area contributed by atoms with E-state index in [1.54, 1.807) is 11.2 Å². The quantitative estimate of drug-likeness (QED) is 0.835. The topological polar surface area (TPSA) is 87.3 Å². The molecule has 120 valence electrons. The van der Waals surface area contributed by atoms with Crippen molar-refractivity contribution in [1.29, 1.82) is 0 Å². The predicted molar refractivity (Wildman–Crippen MR) is 82.7 cm³/mol. The summed E-state index contributed by atoms with van der Waals surface area (Å²) in [5.74, 6) is -0.480. The van der Waals surface area contributed by atoms with Crippen molar-refractivity contribution < 1.29 is 14.3 Å². The molecule has 1 atom stereocenters. The zero-order valence-corrected chi connectivity index (χ0v) is 12.8. The van der Waals surface area contributed by atoms with Crippen molar-refractivity contribution in [1.82, 2.24) is 20.2 Å². The Kier molecular flexibility index (Phi) is 4.27. The van der Waals surface area contributed by atoms with Crippen molar-refractivity contribution in [2.45, 2.75) is 12.5 Å². The minimum atomic E-state index is -0.480. The monoisotopic (exact) mass is 314 g/mol. The number of aromatic nitrogens is 2. The van der Waals surface area contributed by atoms with Gasteiger partial charge in [0.25, 0.3) is 0 Å². The second-order valence-electron chi connectivity index (χ2n) is 5.26. The molecular formula is C16H18N4O3. The average molecular weight is 314 g/mol. The number of fused-ring (bicyclic) bond motifs is 1. The molecule has 1 aromatic heterocycles. The van der Waals surface area contributed by atoms with Crippen LogP contribution in [0, 0.1) is 0 Å². The lowest BCUT2D eigenvalue weighted by Crippen LogP contribution is -2.47. The summed E-state index contributed by atoms with van der Waals surface area (Å²) in [6.07, 6.45) is 2.35. The normalized spacial score (nSPS) is 16.6. The van der Waals surface area contributed by atoms with Crippen LogP contribution in [0.4, 0.5) is 4.79 Å². The number of amides is 2. The number of nitrogens with zero attached hydrogens (tertiary/aromatic N) is 2. The third kappa shape index (κ3) is 3.03. The Bertz CT molecular complexity index is 698. The van der Waals surface area contributed by atoms with E-state index in [-0.39, 0.29) is 18.6 Å². The molecule has 3 rings (SSSR count).